The van der Waals surface area contributed by atoms with E-state index in [0.717, 1.165) is 46.3 Å². The first-order valence-corrected chi connectivity index (χ1v) is 20.4. The fourth-order valence-corrected chi connectivity index (χ4v) is 13.2. The maximum atomic E-state index is 13.0. The summed E-state index contributed by atoms with van der Waals surface area (Å²) < 4.78 is 6.47. The van der Waals surface area contributed by atoms with Crippen LogP contribution in [0.4, 0.5) is 11.4 Å². The molecular weight excluding hydrogens is 679 g/mol. The van der Waals surface area contributed by atoms with Crippen molar-refractivity contribution in [1.29, 1.82) is 0 Å². The molecule has 8 fully saturated rings. The van der Waals surface area contributed by atoms with Crippen molar-refractivity contribution in [1.82, 2.24) is 4.57 Å². The lowest BCUT2D eigenvalue weighted by Crippen LogP contribution is -2.47. The first kappa shape index (κ1) is 35.5. The second kappa shape index (κ2) is 13.8. The molecule has 0 aliphatic heterocycles. The van der Waals surface area contributed by atoms with E-state index in [2.05, 4.69) is 10.6 Å². The molecule has 1 unspecified atom stereocenters. The summed E-state index contributed by atoms with van der Waals surface area (Å²) >= 11 is 0. The van der Waals surface area contributed by atoms with Gasteiger partial charge in [0.05, 0.1) is 24.3 Å². The highest BCUT2D eigenvalue weighted by molar-refractivity contribution is 6.03. The standard InChI is InChI=1S/C24H30N2O3.C21H23NO3/c1-15(14-27)26-6-5-19-20(23(26)29)3-2-4-21(19)25-22(28)13-24-10-16-7-17(11-24)9-18(8-16)12-24;23-19(12-21-9-13-6-14(10-21)8-15(7-13)11-21)22-18-3-1-2-17-16(18)4-5-25-20(17)24/h2-6,15-18,27H,7-14H2,1H3,(H,25,28);1-5,13-15H,6-12H2,(H,22,23). The highest BCUT2D eigenvalue weighted by Gasteiger charge is 2.52. The monoisotopic (exact) mass is 731 g/mol. The summed E-state index contributed by atoms with van der Waals surface area (Å²) in [5.41, 5.74) is 1.34. The number of aliphatic hydroxyl groups excluding tert-OH is 1. The van der Waals surface area contributed by atoms with E-state index in [0.29, 0.717) is 35.0 Å². The molecule has 0 radical (unpaired) electrons. The molecule has 1 atom stereocenters. The van der Waals surface area contributed by atoms with E-state index in [1.165, 1.54) is 83.3 Å². The summed E-state index contributed by atoms with van der Waals surface area (Å²) in [5, 5.41) is 18.2. The fourth-order valence-electron chi connectivity index (χ4n) is 13.2. The number of hydrogen-bond donors (Lipinski definition) is 3. The molecule has 4 aromatic rings. The van der Waals surface area contributed by atoms with Crippen molar-refractivity contribution in [2.45, 2.75) is 103 Å². The number of anilines is 2. The van der Waals surface area contributed by atoms with Gasteiger partial charge in [0, 0.05) is 46.6 Å². The molecule has 8 saturated carbocycles. The first-order chi connectivity index (χ1) is 26.1. The van der Waals surface area contributed by atoms with Crippen LogP contribution in [-0.4, -0.2) is 28.1 Å². The summed E-state index contributed by atoms with van der Waals surface area (Å²) in [6.07, 6.45) is 19.9. The third kappa shape index (κ3) is 6.71. The number of aromatic nitrogens is 1. The maximum Gasteiger partial charge on any atom is 0.343 e. The maximum absolute atomic E-state index is 13.0. The molecular formula is C45H53N3O6. The number of fused-ring (bicyclic) bond motifs is 2. The highest BCUT2D eigenvalue weighted by Crippen LogP contribution is 2.62. The van der Waals surface area contributed by atoms with E-state index in [1.807, 2.05) is 31.2 Å². The molecule has 2 aromatic heterocycles. The van der Waals surface area contributed by atoms with Gasteiger partial charge in [-0.3, -0.25) is 14.4 Å². The molecule has 9 nitrogen and oxygen atoms in total. The van der Waals surface area contributed by atoms with Crippen LogP contribution in [0.15, 0.2) is 75.0 Å². The van der Waals surface area contributed by atoms with Gasteiger partial charge in [0.25, 0.3) is 5.56 Å². The average Bonchev–Trinajstić information content (AvgIpc) is 3.11. The number of benzene rings is 2. The number of rotatable bonds is 8. The first-order valence-electron chi connectivity index (χ1n) is 20.4. The smallest absolute Gasteiger partial charge is 0.343 e. The van der Waals surface area contributed by atoms with Crippen LogP contribution in [0.2, 0.25) is 0 Å². The molecule has 2 heterocycles. The van der Waals surface area contributed by atoms with Crippen LogP contribution >= 0.6 is 0 Å². The van der Waals surface area contributed by atoms with Gasteiger partial charge in [0.1, 0.15) is 0 Å². The van der Waals surface area contributed by atoms with Gasteiger partial charge >= 0.3 is 5.63 Å². The number of amides is 2. The quantitative estimate of drug-likeness (QED) is 0.167. The Hall–Kier alpha value is -4.24. The van der Waals surface area contributed by atoms with Crippen LogP contribution in [-0.2, 0) is 9.59 Å². The van der Waals surface area contributed by atoms with Crippen molar-refractivity contribution < 1.29 is 19.1 Å². The predicted octanol–water partition coefficient (Wildman–Crippen LogP) is 8.44. The van der Waals surface area contributed by atoms with Gasteiger partial charge in [-0.05, 0) is 167 Å². The van der Waals surface area contributed by atoms with Crippen LogP contribution < -0.4 is 21.8 Å². The lowest BCUT2D eigenvalue weighted by Gasteiger charge is -2.56. The summed E-state index contributed by atoms with van der Waals surface area (Å²) in [4.78, 5) is 50.5. The van der Waals surface area contributed by atoms with Crippen LogP contribution in [0.5, 0.6) is 0 Å². The minimum absolute atomic E-state index is 0.0763. The second-order valence-electron chi connectivity index (χ2n) is 18.6. The van der Waals surface area contributed by atoms with Crippen LogP contribution in [0, 0.1) is 46.3 Å². The van der Waals surface area contributed by atoms with Crippen LogP contribution in [0.3, 0.4) is 0 Å². The molecule has 9 heteroatoms. The third-order valence-electron chi connectivity index (χ3n) is 14.4. The zero-order valence-corrected chi connectivity index (χ0v) is 31.4. The van der Waals surface area contributed by atoms with Crippen molar-refractivity contribution in [3.05, 3.63) is 81.8 Å². The van der Waals surface area contributed by atoms with Gasteiger partial charge in [-0.15, -0.1) is 0 Å². The Kier molecular flexibility index (Phi) is 9.07. The Bertz CT molecular complexity index is 2150. The number of nitrogens with zero attached hydrogens (tertiary/aromatic N) is 1. The van der Waals surface area contributed by atoms with Gasteiger partial charge < -0.3 is 24.7 Å². The van der Waals surface area contributed by atoms with E-state index in [9.17, 15) is 24.3 Å². The van der Waals surface area contributed by atoms with Gasteiger partial charge in [0.15, 0.2) is 0 Å². The molecule has 12 rings (SSSR count). The van der Waals surface area contributed by atoms with Crippen molar-refractivity contribution in [2.24, 2.45) is 46.3 Å². The molecule has 2 amide bonds. The molecule has 2 aromatic carbocycles. The van der Waals surface area contributed by atoms with Crippen LogP contribution in [0.25, 0.3) is 21.5 Å². The fraction of sp³-hybridized carbons (Fsp3) is 0.556. The molecule has 284 valence electrons. The Morgan fingerprint density at radius 3 is 1.59 bits per heavy atom. The number of hydrogen-bond acceptors (Lipinski definition) is 6. The molecule has 0 saturated heterocycles. The van der Waals surface area contributed by atoms with E-state index >= 15 is 0 Å². The summed E-state index contributed by atoms with van der Waals surface area (Å²) in [6.45, 7) is 1.72. The number of carbonyl (C=O) groups excluding carboxylic acids is 2. The normalized spacial score (nSPS) is 32.0. The molecule has 8 bridgehead atoms. The Balaban J connectivity index is 0.000000144. The number of aliphatic hydroxyl groups is 1. The Labute approximate surface area is 315 Å². The highest BCUT2D eigenvalue weighted by atomic mass is 16.4. The molecule has 54 heavy (non-hydrogen) atoms. The van der Waals surface area contributed by atoms with Gasteiger partial charge in [-0.1, -0.05) is 12.1 Å². The number of carbonyl (C=O) groups is 2. The summed E-state index contributed by atoms with van der Waals surface area (Å²) in [7, 11) is 0. The Morgan fingerprint density at radius 2 is 1.13 bits per heavy atom. The van der Waals surface area contributed by atoms with Crippen LogP contribution in [0.1, 0.15) is 103 Å². The average molecular weight is 732 g/mol. The minimum atomic E-state index is -0.366. The summed E-state index contributed by atoms with van der Waals surface area (Å²) in [5.74, 6) is 5.20. The van der Waals surface area contributed by atoms with Gasteiger partial charge in [-0.25, -0.2) is 4.79 Å². The van der Waals surface area contributed by atoms with Crippen molar-refractivity contribution in [3.63, 3.8) is 0 Å². The third-order valence-corrected chi connectivity index (χ3v) is 14.4. The lowest BCUT2D eigenvalue weighted by atomic mass is 9.49. The molecule has 8 aliphatic carbocycles. The van der Waals surface area contributed by atoms with Gasteiger partial charge in [-0.2, -0.15) is 0 Å². The molecule has 8 aliphatic rings. The molecule has 0 spiro atoms. The zero-order chi connectivity index (χ0) is 37.2. The van der Waals surface area contributed by atoms with Gasteiger partial charge in [0.2, 0.25) is 11.8 Å². The van der Waals surface area contributed by atoms with E-state index < -0.39 is 0 Å². The predicted molar refractivity (Wildman–Crippen MR) is 210 cm³/mol. The summed E-state index contributed by atoms with van der Waals surface area (Å²) in [6, 6.07) is 14.2. The van der Waals surface area contributed by atoms with Crippen molar-refractivity contribution in [2.75, 3.05) is 17.2 Å². The lowest BCUT2D eigenvalue weighted by molar-refractivity contribution is -0.125. The number of pyridine rings is 1. The molecule has 3 N–H and O–H groups in total. The minimum Gasteiger partial charge on any atom is -0.431 e. The zero-order valence-electron chi connectivity index (χ0n) is 31.4. The van der Waals surface area contributed by atoms with Crippen molar-refractivity contribution in [3.8, 4) is 0 Å². The second-order valence-corrected chi connectivity index (χ2v) is 18.6. The van der Waals surface area contributed by atoms with Crippen molar-refractivity contribution >= 4 is 44.7 Å². The topological polar surface area (TPSA) is 131 Å². The van der Waals surface area contributed by atoms with E-state index in [4.69, 9.17) is 4.42 Å². The Morgan fingerprint density at radius 1 is 0.685 bits per heavy atom. The van der Waals surface area contributed by atoms with E-state index in [-0.39, 0.29) is 46.5 Å². The largest absolute Gasteiger partial charge is 0.431 e. The SMILES string of the molecule is CC(CO)n1ccc2c(NC(=O)CC34CC5CC(CC(C5)C3)C4)cccc2c1=O.O=C(CC12CC3CC(CC(C3)C1)C2)Nc1cccc2c(=O)occc12. The van der Waals surface area contributed by atoms with E-state index in [1.54, 1.807) is 35.0 Å². The number of nitrogens with one attached hydrogen (secondary N) is 2.